The fraction of sp³-hybridized carbons (Fsp3) is 0.400. The number of amides is 1. The first-order chi connectivity index (χ1) is 16.4. The quantitative estimate of drug-likeness (QED) is 0.650. The third-order valence-corrected chi connectivity index (χ3v) is 7.87. The smallest absolute Gasteiger partial charge is 0.241 e. The van der Waals surface area contributed by atoms with E-state index >= 15 is 0 Å². The molecule has 1 N–H and O–H groups in total. The lowest BCUT2D eigenvalue weighted by atomic mass is 10.2. The third kappa shape index (κ3) is 6.24. The van der Waals surface area contributed by atoms with Gasteiger partial charge in [0.05, 0.1) is 19.3 Å². The SMILES string of the molecule is CC(C(=O)Nc1ccc(N2CCOCC2)cc1)N1CCN(S(=O)(=O)C=Cc2ccccc2)CC1. The summed E-state index contributed by atoms with van der Waals surface area (Å²) in [4.78, 5) is 17.1. The van der Waals surface area contributed by atoms with Gasteiger partial charge in [0.15, 0.2) is 0 Å². The summed E-state index contributed by atoms with van der Waals surface area (Å²) in [5.41, 5.74) is 2.71. The second kappa shape index (κ2) is 11.1. The molecule has 1 unspecified atom stereocenters. The second-order valence-electron chi connectivity index (χ2n) is 8.50. The molecule has 0 aromatic heterocycles. The molecule has 4 rings (SSSR count). The average molecular weight is 485 g/mol. The summed E-state index contributed by atoms with van der Waals surface area (Å²) in [7, 11) is -3.50. The molecule has 34 heavy (non-hydrogen) atoms. The molecule has 2 heterocycles. The standard InChI is InChI=1S/C25H32N4O4S/c1-21(25(30)26-23-7-9-24(10-8-23)28-16-18-33-19-17-28)27-12-14-29(15-13-27)34(31,32)20-11-22-5-3-2-4-6-22/h2-11,20-21H,12-19H2,1H3,(H,26,30). The van der Waals surface area contributed by atoms with Gasteiger partial charge in [0, 0.05) is 56.1 Å². The zero-order valence-corrected chi connectivity index (χ0v) is 20.3. The van der Waals surface area contributed by atoms with E-state index in [4.69, 9.17) is 4.74 Å². The largest absolute Gasteiger partial charge is 0.378 e. The van der Waals surface area contributed by atoms with Crippen molar-refractivity contribution in [1.82, 2.24) is 9.21 Å². The van der Waals surface area contributed by atoms with Crippen molar-refractivity contribution in [2.75, 3.05) is 62.7 Å². The number of benzene rings is 2. The molecule has 2 aromatic carbocycles. The molecule has 1 amide bonds. The number of nitrogens with zero attached hydrogens (tertiary/aromatic N) is 3. The molecule has 0 bridgehead atoms. The number of nitrogens with one attached hydrogen (secondary N) is 1. The highest BCUT2D eigenvalue weighted by atomic mass is 32.2. The van der Waals surface area contributed by atoms with Gasteiger partial charge in [-0.2, -0.15) is 4.31 Å². The van der Waals surface area contributed by atoms with Crippen molar-refractivity contribution >= 4 is 33.4 Å². The van der Waals surface area contributed by atoms with Crippen molar-refractivity contribution in [2.24, 2.45) is 0 Å². The molecule has 2 aliphatic rings. The first-order valence-electron chi connectivity index (χ1n) is 11.6. The Hall–Kier alpha value is -2.72. The van der Waals surface area contributed by atoms with Gasteiger partial charge in [0.25, 0.3) is 0 Å². The Morgan fingerprint density at radius 2 is 1.59 bits per heavy atom. The fourth-order valence-electron chi connectivity index (χ4n) is 4.15. The van der Waals surface area contributed by atoms with Crippen LogP contribution in [0.25, 0.3) is 6.08 Å². The van der Waals surface area contributed by atoms with E-state index in [1.165, 1.54) is 9.71 Å². The molecule has 2 fully saturated rings. The summed E-state index contributed by atoms with van der Waals surface area (Å²) in [6, 6.07) is 16.9. The Morgan fingerprint density at radius 1 is 0.941 bits per heavy atom. The zero-order chi connectivity index (χ0) is 24.0. The second-order valence-corrected chi connectivity index (χ2v) is 10.3. The van der Waals surface area contributed by atoms with Crippen LogP contribution in [0.2, 0.25) is 0 Å². The highest BCUT2D eigenvalue weighted by Gasteiger charge is 2.29. The molecule has 2 aliphatic heterocycles. The summed E-state index contributed by atoms with van der Waals surface area (Å²) in [5, 5.41) is 4.24. The molecular weight excluding hydrogens is 452 g/mol. The molecule has 0 aliphatic carbocycles. The number of carbonyl (C=O) groups excluding carboxylic acids is 1. The summed E-state index contributed by atoms with van der Waals surface area (Å²) >= 11 is 0. The van der Waals surface area contributed by atoms with Crippen molar-refractivity contribution in [2.45, 2.75) is 13.0 Å². The lowest BCUT2D eigenvalue weighted by Gasteiger charge is -2.36. The highest BCUT2D eigenvalue weighted by molar-refractivity contribution is 7.92. The number of hydrogen-bond donors (Lipinski definition) is 1. The Bertz CT molecular complexity index is 1080. The Kier molecular flexibility index (Phi) is 7.99. The Labute approximate surface area is 201 Å². The van der Waals surface area contributed by atoms with Crippen molar-refractivity contribution < 1.29 is 17.9 Å². The van der Waals surface area contributed by atoms with E-state index in [2.05, 4.69) is 10.2 Å². The van der Waals surface area contributed by atoms with Crippen LogP contribution < -0.4 is 10.2 Å². The molecule has 0 spiro atoms. The van der Waals surface area contributed by atoms with Gasteiger partial charge in [-0.25, -0.2) is 8.42 Å². The van der Waals surface area contributed by atoms with E-state index in [1.807, 2.05) is 66.4 Å². The predicted molar refractivity (Wildman–Crippen MR) is 135 cm³/mol. The maximum atomic E-state index is 12.8. The molecule has 2 aromatic rings. The van der Waals surface area contributed by atoms with Crippen LogP contribution in [0.3, 0.4) is 0 Å². The monoisotopic (exact) mass is 484 g/mol. The molecular formula is C25H32N4O4S. The van der Waals surface area contributed by atoms with Crippen LogP contribution in [0, 0.1) is 0 Å². The number of ether oxygens (including phenoxy) is 1. The zero-order valence-electron chi connectivity index (χ0n) is 19.5. The molecule has 2 saturated heterocycles. The van der Waals surface area contributed by atoms with Crippen LogP contribution in [0.4, 0.5) is 11.4 Å². The van der Waals surface area contributed by atoms with Crippen molar-refractivity contribution in [3.8, 4) is 0 Å². The topological polar surface area (TPSA) is 82.2 Å². The molecule has 9 heteroatoms. The van der Waals surface area contributed by atoms with E-state index in [1.54, 1.807) is 6.08 Å². The van der Waals surface area contributed by atoms with Crippen LogP contribution >= 0.6 is 0 Å². The minimum atomic E-state index is -3.50. The van der Waals surface area contributed by atoms with Gasteiger partial charge >= 0.3 is 0 Å². The number of sulfonamides is 1. The highest BCUT2D eigenvalue weighted by Crippen LogP contribution is 2.20. The van der Waals surface area contributed by atoms with E-state index < -0.39 is 10.0 Å². The van der Waals surface area contributed by atoms with Gasteiger partial charge in [0.1, 0.15) is 0 Å². The number of rotatable bonds is 7. The van der Waals surface area contributed by atoms with E-state index in [0.29, 0.717) is 26.2 Å². The van der Waals surface area contributed by atoms with E-state index in [9.17, 15) is 13.2 Å². The first kappa shape index (κ1) is 24.4. The lowest BCUT2D eigenvalue weighted by molar-refractivity contribution is -0.121. The van der Waals surface area contributed by atoms with Gasteiger partial charge in [-0.15, -0.1) is 0 Å². The molecule has 8 nitrogen and oxygen atoms in total. The van der Waals surface area contributed by atoms with Crippen LogP contribution in [-0.2, 0) is 19.6 Å². The maximum Gasteiger partial charge on any atom is 0.241 e. The van der Waals surface area contributed by atoms with Gasteiger partial charge in [-0.3, -0.25) is 9.69 Å². The fourth-order valence-corrected chi connectivity index (χ4v) is 5.32. The minimum Gasteiger partial charge on any atom is -0.378 e. The van der Waals surface area contributed by atoms with Gasteiger partial charge in [-0.05, 0) is 42.8 Å². The number of carbonyl (C=O) groups is 1. The summed E-state index contributed by atoms with van der Waals surface area (Å²) in [6.07, 6.45) is 1.61. The van der Waals surface area contributed by atoms with Crippen LogP contribution in [0.5, 0.6) is 0 Å². The number of morpholine rings is 1. The Balaban J connectivity index is 1.27. The van der Waals surface area contributed by atoms with Crippen LogP contribution in [-0.4, -0.2) is 82.1 Å². The first-order valence-corrected chi connectivity index (χ1v) is 13.1. The lowest BCUT2D eigenvalue weighted by Crippen LogP contribution is -2.53. The summed E-state index contributed by atoms with van der Waals surface area (Å²) < 4.78 is 32.2. The number of piperazine rings is 1. The van der Waals surface area contributed by atoms with Crippen molar-refractivity contribution in [3.05, 3.63) is 65.6 Å². The van der Waals surface area contributed by atoms with Crippen molar-refractivity contribution in [3.63, 3.8) is 0 Å². The predicted octanol–water partition coefficient (Wildman–Crippen LogP) is 2.47. The van der Waals surface area contributed by atoms with Crippen molar-refractivity contribution in [1.29, 1.82) is 0 Å². The number of anilines is 2. The van der Waals surface area contributed by atoms with Crippen LogP contribution in [0.1, 0.15) is 12.5 Å². The van der Waals surface area contributed by atoms with Gasteiger partial charge in [-0.1, -0.05) is 30.3 Å². The average Bonchev–Trinajstić information content (AvgIpc) is 2.89. The Morgan fingerprint density at radius 3 is 2.24 bits per heavy atom. The normalized spacial score (nSPS) is 19.3. The molecule has 0 radical (unpaired) electrons. The third-order valence-electron chi connectivity index (χ3n) is 6.30. The summed E-state index contributed by atoms with van der Waals surface area (Å²) in [5.74, 6) is -0.0978. The van der Waals surface area contributed by atoms with Crippen LogP contribution in [0.15, 0.2) is 60.0 Å². The minimum absolute atomic E-state index is 0.0978. The maximum absolute atomic E-state index is 12.8. The summed E-state index contributed by atoms with van der Waals surface area (Å²) in [6.45, 7) is 6.77. The molecule has 1 atom stereocenters. The van der Waals surface area contributed by atoms with E-state index in [0.717, 1.165) is 43.2 Å². The molecule has 0 saturated carbocycles. The van der Waals surface area contributed by atoms with Gasteiger partial charge < -0.3 is 15.0 Å². The van der Waals surface area contributed by atoms with E-state index in [-0.39, 0.29) is 11.9 Å². The molecule has 182 valence electrons. The number of hydrogen-bond acceptors (Lipinski definition) is 6. The van der Waals surface area contributed by atoms with Gasteiger partial charge in [0.2, 0.25) is 15.9 Å².